The highest BCUT2D eigenvalue weighted by Gasteiger charge is 2.06. The number of rotatable bonds is 3. The molecule has 0 fully saturated rings. The lowest BCUT2D eigenvalue weighted by Crippen LogP contribution is -2.17. The van der Waals surface area contributed by atoms with Crippen LogP contribution in [0.2, 0.25) is 0 Å². The van der Waals surface area contributed by atoms with Gasteiger partial charge < -0.3 is 15.2 Å². The molecule has 19 heavy (non-hydrogen) atoms. The molecule has 7 heteroatoms. The Morgan fingerprint density at radius 3 is 2.89 bits per heavy atom. The molecule has 0 saturated carbocycles. The lowest BCUT2D eigenvalue weighted by molar-refractivity contribution is 0.0950. The van der Waals surface area contributed by atoms with Crippen LogP contribution in [0.5, 0.6) is 11.5 Å². The first kappa shape index (κ1) is 13.2. The van der Waals surface area contributed by atoms with Crippen molar-refractivity contribution in [2.75, 3.05) is 0 Å². The van der Waals surface area contributed by atoms with Crippen LogP contribution in [0.3, 0.4) is 0 Å². The fourth-order valence-corrected chi connectivity index (χ4v) is 1.72. The van der Waals surface area contributed by atoms with E-state index in [0.717, 1.165) is 4.47 Å². The maximum atomic E-state index is 11.6. The Morgan fingerprint density at radius 2 is 2.21 bits per heavy atom. The SMILES string of the molecule is O=C(N/N=C/c1cccc(O)c1O)c1cc(Br)c[nH]1. The Bertz CT molecular complexity index is 637. The summed E-state index contributed by atoms with van der Waals surface area (Å²) in [6, 6.07) is 6.06. The van der Waals surface area contributed by atoms with Gasteiger partial charge in [-0.05, 0) is 34.1 Å². The normalized spacial score (nSPS) is 10.8. The minimum atomic E-state index is -0.415. The molecule has 0 saturated heterocycles. The van der Waals surface area contributed by atoms with Crippen LogP contribution in [-0.4, -0.2) is 27.3 Å². The Morgan fingerprint density at radius 1 is 1.42 bits per heavy atom. The van der Waals surface area contributed by atoms with Crippen molar-refractivity contribution in [3.63, 3.8) is 0 Å². The van der Waals surface area contributed by atoms with Crippen molar-refractivity contribution in [1.82, 2.24) is 10.4 Å². The fraction of sp³-hybridized carbons (Fsp3) is 0. The second kappa shape index (κ2) is 5.57. The molecule has 0 unspecified atom stereocenters. The maximum absolute atomic E-state index is 11.6. The summed E-state index contributed by atoms with van der Waals surface area (Å²) in [5, 5.41) is 22.5. The summed E-state index contributed by atoms with van der Waals surface area (Å²) in [7, 11) is 0. The van der Waals surface area contributed by atoms with Crippen molar-refractivity contribution in [3.8, 4) is 11.5 Å². The second-order valence-corrected chi connectivity index (χ2v) is 4.56. The van der Waals surface area contributed by atoms with Gasteiger partial charge in [-0.3, -0.25) is 4.79 Å². The average molecular weight is 324 g/mol. The molecule has 0 bridgehead atoms. The number of phenols is 2. The number of para-hydroxylation sites is 1. The van der Waals surface area contributed by atoms with Gasteiger partial charge in [0.05, 0.1) is 6.21 Å². The molecule has 0 aliphatic rings. The molecule has 2 rings (SSSR count). The number of hydrazone groups is 1. The molecule has 0 atom stereocenters. The van der Waals surface area contributed by atoms with Crippen LogP contribution < -0.4 is 5.43 Å². The summed E-state index contributed by atoms with van der Waals surface area (Å²) < 4.78 is 0.757. The van der Waals surface area contributed by atoms with E-state index in [-0.39, 0.29) is 11.5 Å². The van der Waals surface area contributed by atoms with Crippen LogP contribution in [0, 0.1) is 0 Å². The van der Waals surface area contributed by atoms with Crippen molar-refractivity contribution in [2.24, 2.45) is 5.10 Å². The number of carbonyl (C=O) groups excluding carboxylic acids is 1. The van der Waals surface area contributed by atoms with E-state index in [1.165, 1.54) is 12.3 Å². The van der Waals surface area contributed by atoms with Gasteiger partial charge in [0.15, 0.2) is 11.5 Å². The van der Waals surface area contributed by atoms with E-state index in [1.54, 1.807) is 24.4 Å². The Labute approximate surface area is 116 Å². The lowest BCUT2D eigenvalue weighted by Gasteiger charge is -2.00. The number of nitrogens with one attached hydrogen (secondary N) is 2. The standard InChI is InChI=1S/C12H10BrN3O3/c13-8-4-9(14-6-8)12(19)16-15-5-7-2-1-3-10(17)11(7)18/h1-6,14,17-18H,(H,16,19)/b15-5+. The number of hydrogen-bond donors (Lipinski definition) is 4. The molecular weight excluding hydrogens is 314 g/mol. The lowest BCUT2D eigenvalue weighted by atomic mass is 10.2. The largest absolute Gasteiger partial charge is 0.504 e. The number of phenolic OH excluding ortho intramolecular Hbond substituents is 2. The van der Waals surface area contributed by atoms with E-state index >= 15 is 0 Å². The number of amides is 1. The summed E-state index contributed by atoms with van der Waals surface area (Å²) in [5.41, 5.74) is 2.94. The quantitative estimate of drug-likeness (QED) is 0.395. The molecule has 1 amide bonds. The summed E-state index contributed by atoms with van der Waals surface area (Å²) in [5.74, 6) is -0.951. The zero-order valence-electron chi connectivity index (χ0n) is 9.59. The molecule has 0 aliphatic heterocycles. The number of hydrogen-bond acceptors (Lipinski definition) is 4. The third kappa shape index (κ3) is 3.14. The minimum Gasteiger partial charge on any atom is -0.504 e. The Hall–Kier alpha value is -2.28. The average Bonchev–Trinajstić information content (AvgIpc) is 2.81. The molecule has 0 aliphatic carbocycles. The maximum Gasteiger partial charge on any atom is 0.287 e. The van der Waals surface area contributed by atoms with E-state index in [0.29, 0.717) is 11.3 Å². The number of carbonyl (C=O) groups is 1. The topological polar surface area (TPSA) is 97.7 Å². The van der Waals surface area contributed by atoms with E-state index in [4.69, 9.17) is 0 Å². The van der Waals surface area contributed by atoms with Crippen LogP contribution in [0.25, 0.3) is 0 Å². The first-order valence-electron chi connectivity index (χ1n) is 5.26. The zero-order valence-corrected chi connectivity index (χ0v) is 11.2. The molecule has 2 aromatic rings. The molecule has 4 N–H and O–H groups in total. The van der Waals surface area contributed by atoms with Gasteiger partial charge in [-0.2, -0.15) is 5.10 Å². The smallest absolute Gasteiger partial charge is 0.287 e. The first-order valence-corrected chi connectivity index (χ1v) is 6.05. The van der Waals surface area contributed by atoms with Crippen molar-refractivity contribution < 1.29 is 15.0 Å². The van der Waals surface area contributed by atoms with E-state index in [9.17, 15) is 15.0 Å². The van der Waals surface area contributed by atoms with Crippen LogP contribution in [0.4, 0.5) is 0 Å². The van der Waals surface area contributed by atoms with E-state index in [1.807, 2.05) is 0 Å². The Balaban J connectivity index is 2.04. The van der Waals surface area contributed by atoms with E-state index in [2.05, 4.69) is 31.4 Å². The summed E-state index contributed by atoms with van der Waals surface area (Å²) in [4.78, 5) is 14.4. The molecule has 1 heterocycles. The van der Waals surface area contributed by atoms with Crippen LogP contribution in [0.15, 0.2) is 40.0 Å². The molecular formula is C12H10BrN3O3. The number of aromatic hydroxyl groups is 2. The van der Waals surface area contributed by atoms with E-state index < -0.39 is 5.91 Å². The highest BCUT2D eigenvalue weighted by atomic mass is 79.9. The van der Waals surface area contributed by atoms with Gasteiger partial charge in [0.2, 0.25) is 0 Å². The highest BCUT2D eigenvalue weighted by Crippen LogP contribution is 2.26. The third-order valence-electron chi connectivity index (χ3n) is 2.31. The van der Waals surface area contributed by atoms with Crippen LogP contribution in [0.1, 0.15) is 16.1 Å². The van der Waals surface area contributed by atoms with Crippen molar-refractivity contribution in [3.05, 3.63) is 46.2 Å². The summed E-state index contributed by atoms with van der Waals surface area (Å²) >= 11 is 3.21. The van der Waals surface area contributed by atoms with Crippen molar-refractivity contribution in [2.45, 2.75) is 0 Å². The summed E-state index contributed by atoms with van der Waals surface area (Å²) in [6.07, 6.45) is 2.87. The molecule has 0 radical (unpaired) electrons. The molecule has 0 spiro atoms. The number of halogens is 1. The van der Waals surface area contributed by atoms with Gasteiger partial charge in [0.25, 0.3) is 5.91 Å². The first-order chi connectivity index (χ1) is 9.08. The molecule has 6 nitrogen and oxygen atoms in total. The minimum absolute atomic E-state index is 0.247. The van der Waals surface area contributed by atoms with Crippen LogP contribution >= 0.6 is 15.9 Å². The van der Waals surface area contributed by atoms with Crippen LogP contribution in [-0.2, 0) is 0 Å². The molecule has 98 valence electrons. The predicted octanol–water partition coefficient (Wildman–Crippen LogP) is 1.95. The van der Waals surface area contributed by atoms with Gasteiger partial charge in [-0.25, -0.2) is 5.43 Å². The van der Waals surface area contributed by atoms with Gasteiger partial charge in [0, 0.05) is 16.2 Å². The van der Waals surface area contributed by atoms with Crippen molar-refractivity contribution >= 4 is 28.1 Å². The number of nitrogens with zero attached hydrogens (tertiary/aromatic N) is 1. The van der Waals surface area contributed by atoms with Gasteiger partial charge >= 0.3 is 0 Å². The third-order valence-corrected chi connectivity index (χ3v) is 2.77. The fourth-order valence-electron chi connectivity index (χ4n) is 1.37. The van der Waals surface area contributed by atoms with Gasteiger partial charge in [0.1, 0.15) is 5.69 Å². The zero-order chi connectivity index (χ0) is 13.8. The number of aromatic nitrogens is 1. The van der Waals surface area contributed by atoms with Gasteiger partial charge in [-0.15, -0.1) is 0 Å². The summed E-state index contributed by atoms with van der Waals surface area (Å²) in [6.45, 7) is 0. The Kier molecular flexibility index (Phi) is 3.86. The number of aromatic amines is 1. The van der Waals surface area contributed by atoms with Gasteiger partial charge in [-0.1, -0.05) is 6.07 Å². The highest BCUT2D eigenvalue weighted by molar-refractivity contribution is 9.10. The second-order valence-electron chi connectivity index (χ2n) is 3.65. The predicted molar refractivity (Wildman–Crippen MR) is 73.3 cm³/mol. The monoisotopic (exact) mass is 323 g/mol. The molecule has 1 aromatic carbocycles. The number of H-pyrrole nitrogens is 1. The molecule has 1 aromatic heterocycles. The number of benzene rings is 1. The van der Waals surface area contributed by atoms with Crippen molar-refractivity contribution in [1.29, 1.82) is 0 Å².